The van der Waals surface area contributed by atoms with Crippen LogP contribution in [0, 0.1) is 0 Å². The predicted molar refractivity (Wildman–Crippen MR) is 202 cm³/mol. The van der Waals surface area contributed by atoms with Crippen LogP contribution in [-0.2, 0) is 5.41 Å². The van der Waals surface area contributed by atoms with Crippen LogP contribution in [0.15, 0.2) is 182 Å². The lowest BCUT2D eigenvalue weighted by Crippen LogP contribution is -2.39. The molecule has 3 aliphatic rings. The highest BCUT2D eigenvalue weighted by atomic mass is 16.5. The first-order valence-electron chi connectivity index (χ1n) is 17.3. The summed E-state index contributed by atoms with van der Waals surface area (Å²) >= 11 is 0. The van der Waals surface area contributed by atoms with Gasteiger partial charge in [-0.25, -0.2) is 0 Å². The van der Waals surface area contributed by atoms with Crippen molar-refractivity contribution in [2.24, 2.45) is 0 Å². The lowest BCUT2D eigenvalue weighted by molar-refractivity contribution is 0.436. The van der Waals surface area contributed by atoms with Crippen LogP contribution >= 0.6 is 0 Å². The molecule has 0 radical (unpaired) electrons. The van der Waals surface area contributed by atoms with E-state index in [0.717, 1.165) is 22.8 Å². The van der Waals surface area contributed by atoms with Gasteiger partial charge >= 0.3 is 0 Å². The number of ether oxygens (including phenoxy) is 1. The maximum absolute atomic E-state index is 6.85. The fraction of sp³-hybridized carbons (Fsp3) is 0.0638. The van der Waals surface area contributed by atoms with E-state index in [9.17, 15) is 0 Å². The van der Waals surface area contributed by atoms with Crippen LogP contribution < -0.4 is 15.4 Å². The Morgan fingerprint density at radius 3 is 1.78 bits per heavy atom. The molecule has 3 heteroatoms. The average Bonchev–Trinajstić information content (AvgIpc) is 3.49. The van der Waals surface area contributed by atoms with E-state index in [1.807, 2.05) is 0 Å². The molecule has 2 atom stereocenters. The molecule has 10 rings (SSSR count). The van der Waals surface area contributed by atoms with Gasteiger partial charge in [0, 0.05) is 16.8 Å². The van der Waals surface area contributed by atoms with Gasteiger partial charge in [-0.05, 0) is 68.3 Å². The molecule has 0 amide bonds. The molecule has 1 aliphatic carbocycles. The summed E-state index contributed by atoms with van der Waals surface area (Å²) in [4.78, 5) is 0. The zero-order chi connectivity index (χ0) is 33.1. The molecule has 0 saturated carbocycles. The van der Waals surface area contributed by atoms with Crippen molar-refractivity contribution in [3.8, 4) is 33.8 Å². The zero-order valence-electron chi connectivity index (χ0n) is 27.4. The minimum Gasteiger partial charge on any atom is -0.457 e. The summed E-state index contributed by atoms with van der Waals surface area (Å²) in [6, 6.07) is 63.1. The molecule has 2 heterocycles. The molecule has 238 valence electrons. The molecule has 0 saturated heterocycles. The molecule has 2 aliphatic heterocycles. The first-order chi connectivity index (χ1) is 24.8. The zero-order valence-corrected chi connectivity index (χ0v) is 27.4. The van der Waals surface area contributed by atoms with Gasteiger partial charge in [-0.15, -0.1) is 0 Å². The van der Waals surface area contributed by atoms with Gasteiger partial charge in [-0.2, -0.15) is 0 Å². The summed E-state index contributed by atoms with van der Waals surface area (Å²) in [6.45, 7) is 0. The van der Waals surface area contributed by atoms with E-state index in [1.165, 1.54) is 55.6 Å². The highest BCUT2D eigenvalue weighted by Crippen LogP contribution is 2.62. The van der Waals surface area contributed by atoms with E-state index in [1.54, 1.807) is 0 Å². The Hall–Kier alpha value is -6.16. The third-order valence-electron chi connectivity index (χ3n) is 10.7. The van der Waals surface area contributed by atoms with Crippen molar-refractivity contribution in [2.45, 2.75) is 17.6 Å². The molecule has 0 fully saturated rings. The van der Waals surface area contributed by atoms with Crippen LogP contribution in [0.4, 0.5) is 0 Å². The fourth-order valence-corrected chi connectivity index (χ4v) is 8.50. The number of benzene rings is 7. The molecule has 7 aromatic rings. The molecule has 0 bridgehead atoms. The topological polar surface area (TPSA) is 33.3 Å². The van der Waals surface area contributed by atoms with E-state index < -0.39 is 5.41 Å². The van der Waals surface area contributed by atoms with E-state index >= 15 is 0 Å². The number of hydrogen-bond donors (Lipinski definition) is 2. The molecule has 2 unspecified atom stereocenters. The van der Waals surface area contributed by atoms with Crippen molar-refractivity contribution in [3.05, 3.63) is 221 Å². The quantitative estimate of drug-likeness (QED) is 0.200. The Balaban J connectivity index is 1.13. The molecule has 7 aromatic carbocycles. The molecule has 50 heavy (non-hydrogen) atoms. The lowest BCUT2D eigenvalue weighted by atomic mass is 9.66. The van der Waals surface area contributed by atoms with Gasteiger partial charge < -0.3 is 10.1 Å². The first kappa shape index (κ1) is 28.8. The van der Waals surface area contributed by atoms with Gasteiger partial charge in [0.25, 0.3) is 0 Å². The van der Waals surface area contributed by atoms with Crippen molar-refractivity contribution < 1.29 is 4.74 Å². The standard InChI is InChI=1S/C47H34N2O/c1-3-15-31(16-4-1)42-30-43(49-46(48-42)32-17-5-2-6-18-32)37-22-8-7-19-34(37)33-27-28-41-45(29-33)50-44-26-14-13-25-40(44)47(41)38-23-11-9-20-35(38)36-21-10-12-24-39(36)47/h1-30,43,46,48-49H. The Kier molecular flexibility index (Phi) is 6.61. The second kappa shape index (κ2) is 11.5. The second-order valence-electron chi connectivity index (χ2n) is 13.3. The van der Waals surface area contributed by atoms with E-state index in [-0.39, 0.29) is 12.2 Å². The van der Waals surface area contributed by atoms with Crippen LogP contribution in [0.5, 0.6) is 11.5 Å². The van der Waals surface area contributed by atoms with E-state index in [2.05, 4.69) is 193 Å². The molecule has 1 spiro atoms. The SMILES string of the molecule is C1=C(c2ccccc2)NC(c2ccccc2)NC1c1ccccc1-c1ccc2c(c1)Oc1ccccc1C21c2ccccc2-c2ccccc21. The second-order valence-corrected chi connectivity index (χ2v) is 13.3. The molecule has 2 N–H and O–H groups in total. The van der Waals surface area contributed by atoms with Crippen LogP contribution in [0.1, 0.15) is 51.2 Å². The Bertz CT molecular complexity index is 2390. The highest BCUT2D eigenvalue weighted by Gasteiger charge is 2.50. The summed E-state index contributed by atoms with van der Waals surface area (Å²) in [5.41, 5.74) is 14.0. The van der Waals surface area contributed by atoms with Crippen LogP contribution in [0.2, 0.25) is 0 Å². The Morgan fingerprint density at radius 2 is 1.04 bits per heavy atom. The van der Waals surface area contributed by atoms with Crippen LogP contribution in [-0.4, -0.2) is 0 Å². The lowest BCUT2D eigenvalue weighted by Gasteiger charge is -2.39. The highest BCUT2D eigenvalue weighted by molar-refractivity contribution is 5.89. The number of rotatable bonds is 4. The minimum atomic E-state index is -0.470. The number of hydrogen-bond acceptors (Lipinski definition) is 3. The van der Waals surface area contributed by atoms with Gasteiger partial charge in [-0.1, -0.05) is 164 Å². The smallest absolute Gasteiger partial charge is 0.132 e. The van der Waals surface area contributed by atoms with Gasteiger partial charge in [0.2, 0.25) is 0 Å². The van der Waals surface area contributed by atoms with Crippen LogP contribution in [0.3, 0.4) is 0 Å². The summed E-state index contributed by atoms with van der Waals surface area (Å²) in [5.74, 6) is 1.79. The van der Waals surface area contributed by atoms with E-state index in [0.29, 0.717) is 0 Å². The summed E-state index contributed by atoms with van der Waals surface area (Å²) in [7, 11) is 0. The van der Waals surface area contributed by atoms with Crippen molar-refractivity contribution in [2.75, 3.05) is 0 Å². The molecular weight excluding hydrogens is 609 g/mol. The number of fused-ring (bicyclic) bond motifs is 9. The third kappa shape index (κ3) is 4.34. The Labute approximate surface area is 292 Å². The Morgan fingerprint density at radius 1 is 0.460 bits per heavy atom. The van der Waals surface area contributed by atoms with Crippen molar-refractivity contribution >= 4 is 5.70 Å². The fourth-order valence-electron chi connectivity index (χ4n) is 8.50. The van der Waals surface area contributed by atoms with Crippen molar-refractivity contribution in [1.82, 2.24) is 10.6 Å². The summed E-state index contributed by atoms with van der Waals surface area (Å²) in [5, 5.41) is 7.68. The van der Waals surface area contributed by atoms with Crippen molar-refractivity contribution in [3.63, 3.8) is 0 Å². The van der Waals surface area contributed by atoms with E-state index in [4.69, 9.17) is 4.74 Å². The monoisotopic (exact) mass is 642 g/mol. The van der Waals surface area contributed by atoms with Crippen molar-refractivity contribution in [1.29, 1.82) is 0 Å². The maximum atomic E-state index is 6.85. The normalized spacial score (nSPS) is 17.7. The maximum Gasteiger partial charge on any atom is 0.132 e. The minimum absolute atomic E-state index is 0.0366. The predicted octanol–water partition coefficient (Wildman–Crippen LogP) is 10.8. The first-order valence-corrected chi connectivity index (χ1v) is 17.3. The summed E-state index contributed by atoms with van der Waals surface area (Å²) in [6.07, 6.45) is 2.26. The van der Waals surface area contributed by atoms with Gasteiger partial charge in [0.15, 0.2) is 0 Å². The average molecular weight is 643 g/mol. The molecule has 3 nitrogen and oxygen atoms in total. The summed E-state index contributed by atoms with van der Waals surface area (Å²) < 4.78 is 6.85. The molecular formula is C47H34N2O. The largest absolute Gasteiger partial charge is 0.457 e. The number of para-hydroxylation sites is 1. The third-order valence-corrected chi connectivity index (χ3v) is 10.7. The molecule has 0 aromatic heterocycles. The van der Waals surface area contributed by atoms with Crippen LogP contribution in [0.25, 0.3) is 28.0 Å². The van der Waals surface area contributed by atoms with Gasteiger partial charge in [0.1, 0.15) is 17.7 Å². The van der Waals surface area contributed by atoms with Gasteiger partial charge in [0.05, 0.1) is 11.5 Å². The number of nitrogens with one attached hydrogen (secondary N) is 2. The van der Waals surface area contributed by atoms with Gasteiger partial charge in [-0.3, -0.25) is 5.32 Å².